The van der Waals surface area contributed by atoms with Crippen LogP contribution >= 0.6 is 12.4 Å². The fourth-order valence-corrected chi connectivity index (χ4v) is 5.58. The highest BCUT2D eigenvalue weighted by Crippen LogP contribution is 2.23. The monoisotopic (exact) mass is 530 g/mol. The molecule has 1 aliphatic heterocycles. The van der Waals surface area contributed by atoms with Crippen LogP contribution in [0.25, 0.3) is 10.8 Å². The molecule has 3 aromatic rings. The topological polar surface area (TPSA) is 154 Å². The Bertz CT molecular complexity index is 1410. The number of carboxylic acid groups (broad SMARTS) is 1. The second-order valence-electron chi connectivity index (χ2n) is 8.53. The molecule has 1 heterocycles. The first-order valence-corrected chi connectivity index (χ1v) is 12.6. The van der Waals surface area contributed by atoms with Crippen molar-refractivity contribution < 1.29 is 23.1 Å². The maximum atomic E-state index is 13.5. The third-order valence-electron chi connectivity index (χ3n) is 6.13. The molecule has 1 aliphatic rings. The molecule has 0 spiro atoms. The maximum Gasteiger partial charge on any atom is 0.326 e. The van der Waals surface area contributed by atoms with Gasteiger partial charge >= 0.3 is 5.97 Å². The zero-order valence-electron chi connectivity index (χ0n) is 19.3. The number of halogens is 1. The summed E-state index contributed by atoms with van der Waals surface area (Å²) in [6.07, 6.45) is 0.799. The molecule has 1 fully saturated rings. The number of carbonyl (C=O) groups excluding carboxylic acids is 1. The predicted molar refractivity (Wildman–Crippen MR) is 139 cm³/mol. The summed E-state index contributed by atoms with van der Waals surface area (Å²) in [5.41, 5.74) is 6.61. The molecule has 1 saturated heterocycles. The maximum absolute atomic E-state index is 13.5. The van der Waals surface area contributed by atoms with Gasteiger partial charge in [0, 0.05) is 12.1 Å². The first-order valence-electron chi connectivity index (χ1n) is 11.1. The average Bonchev–Trinajstić information content (AvgIpc) is 3.33. The standard InChI is InChI=1S/C25H26N4O5S.ClH/c26-23(27)19-8-3-5-16(13-19)14-21(24(30)29-12-4-9-22(29)25(31)32)28-35(33,34)20-11-10-17-6-1-2-7-18(17)15-20;/h1-3,5-8,10-11,13,15,21-22,28H,4,9,12,14H2,(H3,26,27)(H,31,32);1H/t21-,22+;/m0./s1. The molecular formula is C25H27ClN4O5S. The third kappa shape index (κ3) is 5.84. The molecule has 0 aliphatic carbocycles. The lowest BCUT2D eigenvalue weighted by atomic mass is 10.0. The molecule has 0 aromatic heterocycles. The summed E-state index contributed by atoms with van der Waals surface area (Å²) in [6, 6.07) is 16.4. The van der Waals surface area contributed by atoms with Crippen LogP contribution in [0.5, 0.6) is 0 Å². The number of fused-ring (bicyclic) bond motifs is 1. The Labute approximate surface area is 215 Å². The molecule has 2 atom stereocenters. The van der Waals surface area contributed by atoms with Crippen molar-refractivity contribution in [3.05, 3.63) is 77.9 Å². The number of carboxylic acids is 1. The van der Waals surface area contributed by atoms with Crippen LogP contribution in [0.3, 0.4) is 0 Å². The molecule has 9 nitrogen and oxygen atoms in total. The van der Waals surface area contributed by atoms with E-state index >= 15 is 0 Å². The van der Waals surface area contributed by atoms with Crippen LogP contribution in [0.1, 0.15) is 24.0 Å². The Kier molecular flexibility index (Phi) is 8.34. The van der Waals surface area contributed by atoms with E-state index in [1.807, 2.05) is 12.1 Å². The van der Waals surface area contributed by atoms with Crippen LogP contribution in [0.4, 0.5) is 0 Å². The summed E-state index contributed by atoms with van der Waals surface area (Å²) in [6.45, 7) is 0.234. The quantitative estimate of drug-likeness (QED) is 0.259. The summed E-state index contributed by atoms with van der Waals surface area (Å²) in [7, 11) is -4.12. The Balaban J connectivity index is 0.00000361. The van der Waals surface area contributed by atoms with Gasteiger partial charge in [-0.1, -0.05) is 48.5 Å². The fourth-order valence-electron chi connectivity index (χ4n) is 4.36. The predicted octanol–water partition coefficient (Wildman–Crippen LogP) is 2.51. The highest BCUT2D eigenvalue weighted by atomic mass is 35.5. The first-order chi connectivity index (χ1) is 16.7. The number of nitrogens with zero attached hydrogens (tertiary/aromatic N) is 1. The molecule has 0 unspecified atom stereocenters. The molecule has 0 saturated carbocycles. The van der Waals surface area contributed by atoms with Crippen molar-refractivity contribution in [3.63, 3.8) is 0 Å². The number of benzene rings is 3. The lowest BCUT2D eigenvalue weighted by molar-refractivity contribution is -0.148. The van der Waals surface area contributed by atoms with Crippen molar-refractivity contribution >= 4 is 50.9 Å². The van der Waals surface area contributed by atoms with Gasteiger partial charge in [0.05, 0.1) is 4.90 Å². The number of amides is 1. The minimum Gasteiger partial charge on any atom is -0.480 e. The van der Waals surface area contributed by atoms with Crippen LogP contribution in [-0.2, 0) is 26.0 Å². The average molecular weight is 531 g/mol. The number of nitrogens with one attached hydrogen (secondary N) is 2. The van der Waals surface area contributed by atoms with Crippen LogP contribution in [0.2, 0.25) is 0 Å². The SMILES string of the molecule is Cl.N=C(N)c1cccc(C[C@H](NS(=O)(=O)c2ccc3ccccc3c2)C(=O)N2CCC[C@@H]2C(=O)O)c1. The van der Waals surface area contributed by atoms with Gasteiger partial charge in [-0.05, 0) is 53.8 Å². The second kappa shape index (κ2) is 11.1. The van der Waals surface area contributed by atoms with E-state index in [1.165, 1.54) is 17.0 Å². The van der Waals surface area contributed by atoms with Crippen molar-refractivity contribution in [1.82, 2.24) is 9.62 Å². The molecule has 11 heteroatoms. The lowest BCUT2D eigenvalue weighted by Gasteiger charge is -2.27. The lowest BCUT2D eigenvalue weighted by Crippen LogP contribution is -2.52. The first kappa shape index (κ1) is 27.1. The number of likely N-dealkylation sites (tertiary alicyclic amines) is 1. The van der Waals surface area contributed by atoms with Crippen LogP contribution in [0, 0.1) is 5.41 Å². The van der Waals surface area contributed by atoms with Crippen LogP contribution in [-0.4, -0.2) is 54.8 Å². The van der Waals surface area contributed by atoms with Gasteiger partial charge in [-0.3, -0.25) is 10.2 Å². The van der Waals surface area contributed by atoms with Gasteiger partial charge in [-0.15, -0.1) is 12.4 Å². The number of hydrogen-bond donors (Lipinski definition) is 4. The van der Waals surface area contributed by atoms with E-state index in [1.54, 1.807) is 42.5 Å². The van der Waals surface area contributed by atoms with Gasteiger partial charge in [0.2, 0.25) is 15.9 Å². The Morgan fingerprint density at radius 2 is 1.81 bits per heavy atom. The summed E-state index contributed by atoms with van der Waals surface area (Å²) in [5, 5.41) is 18.8. The molecule has 1 amide bonds. The number of nitrogens with two attached hydrogens (primary N) is 1. The van der Waals surface area contributed by atoms with Crippen molar-refractivity contribution in [2.24, 2.45) is 5.73 Å². The van der Waals surface area contributed by atoms with Crippen molar-refractivity contribution in [2.45, 2.75) is 36.2 Å². The number of sulfonamides is 1. The summed E-state index contributed by atoms with van der Waals surface area (Å²) in [4.78, 5) is 26.4. The second-order valence-corrected chi connectivity index (χ2v) is 10.2. The zero-order valence-corrected chi connectivity index (χ0v) is 20.9. The highest BCUT2D eigenvalue weighted by molar-refractivity contribution is 7.89. The fraction of sp³-hybridized carbons (Fsp3) is 0.240. The van der Waals surface area contributed by atoms with Gasteiger partial charge < -0.3 is 15.7 Å². The Morgan fingerprint density at radius 1 is 1.08 bits per heavy atom. The van der Waals surface area contributed by atoms with E-state index in [2.05, 4.69) is 4.72 Å². The molecule has 0 radical (unpaired) electrons. The van der Waals surface area contributed by atoms with Crippen molar-refractivity contribution in [3.8, 4) is 0 Å². The van der Waals surface area contributed by atoms with E-state index in [4.69, 9.17) is 11.1 Å². The molecule has 36 heavy (non-hydrogen) atoms. The number of hydrogen-bond acceptors (Lipinski definition) is 5. The van der Waals surface area contributed by atoms with Gasteiger partial charge in [0.25, 0.3) is 0 Å². The largest absolute Gasteiger partial charge is 0.480 e. The molecule has 190 valence electrons. The minimum atomic E-state index is -4.12. The number of amidine groups is 1. The number of rotatable bonds is 8. The van der Waals surface area contributed by atoms with Crippen molar-refractivity contribution in [1.29, 1.82) is 5.41 Å². The van der Waals surface area contributed by atoms with E-state index in [9.17, 15) is 23.1 Å². The molecule has 4 rings (SSSR count). The molecule has 5 N–H and O–H groups in total. The molecular weight excluding hydrogens is 504 g/mol. The van der Waals surface area contributed by atoms with Gasteiger partial charge in [0.15, 0.2) is 0 Å². The Morgan fingerprint density at radius 3 is 2.50 bits per heavy atom. The van der Waals surface area contributed by atoms with E-state index in [-0.39, 0.29) is 36.1 Å². The van der Waals surface area contributed by atoms with E-state index in [0.717, 1.165) is 10.8 Å². The number of nitrogen functional groups attached to an aromatic ring is 1. The van der Waals surface area contributed by atoms with Gasteiger partial charge in [-0.25, -0.2) is 13.2 Å². The molecule has 3 aromatic carbocycles. The Hall–Kier alpha value is -3.47. The highest BCUT2D eigenvalue weighted by Gasteiger charge is 2.38. The van der Waals surface area contributed by atoms with E-state index in [0.29, 0.717) is 24.0 Å². The number of aliphatic carboxylic acids is 1. The minimum absolute atomic E-state index is 0. The zero-order chi connectivity index (χ0) is 25.2. The normalized spacial score (nSPS) is 16.3. The van der Waals surface area contributed by atoms with Crippen molar-refractivity contribution in [2.75, 3.05) is 6.54 Å². The number of carbonyl (C=O) groups is 2. The van der Waals surface area contributed by atoms with E-state index < -0.39 is 34.0 Å². The van der Waals surface area contributed by atoms with Gasteiger partial charge in [0.1, 0.15) is 17.9 Å². The summed E-state index contributed by atoms with van der Waals surface area (Å²) < 4.78 is 29.2. The summed E-state index contributed by atoms with van der Waals surface area (Å²) >= 11 is 0. The third-order valence-corrected chi connectivity index (χ3v) is 7.59. The smallest absolute Gasteiger partial charge is 0.326 e. The molecule has 0 bridgehead atoms. The van der Waals surface area contributed by atoms with Crippen LogP contribution < -0.4 is 10.5 Å². The summed E-state index contributed by atoms with van der Waals surface area (Å²) in [5.74, 6) is -1.88. The van der Waals surface area contributed by atoms with Gasteiger partial charge in [-0.2, -0.15) is 4.72 Å². The van der Waals surface area contributed by atoms with Crippen LogP contribution in [0.15, 0.2) is 71.6 Å².